The Kier molecular flexibility index (Phi) is 8.66. The van der Waals surface area contributed by atoms with E-state index in [1.54, 1.807) is 78.9 Å². The molecule has 4 aromatic carbocycles. The summed E-state index contributed by atoms with van der Waals surface area (Å²) in [5.74, 6) is 0.147. The minimum absolute atomic E-state index is 0.172. The van der Waals surface area contributed by atoms with E-state index >= 15 is 0 Å². The predicted octanol–water partition coefficient (Wildman–Crippen LogP) is 9.18. The van der Waals surface area contributed by atoms with Gasteiger partial charge in [0.05, 0.1) is 28.4 Å². The van der Waals surface area contributed by atoms with Crippen LogP contribution in [0.25, 0.3) is 6.08 Å². The van der Waals surface area contributed by atoms with Gasteiger partial charge in [-0.1, -0.05) is 46.9 Å². The highest BCUT2D eigenvalue weighted by Gasteiger charge is 2.35. The SMILES string of the molecule is COc1cc(/C=C2\SC(=Nc3ccc(Cl)cc3)N(c3ccc(Cl)cc3)C2=O)cc(Cl)c1OCc1ccc(F)cc1. The van der Waals surface area contributed by atoms with Crippen LogP contribution in [0.5, 0.6) is 11.5 Å². The standard InChI is InChI=1S/C30H20Cl3FN2O3S/c1-38-26-15-19(14-25(33)28(26)39-17-18-2-8-22(34)9-3-18)16-27-29(37)36(24-12-6-21(32)7-13-24)30(40-27)35-23-10-4-20(31)5-11-23/h2-16H,17H2,1H3/b27-16-,35-30?. The van der Waals surface area contributed by atoms with Gasteiger partial charge >= 0.3 is 0 Å². The lowest BCUT2D eigenvalue weighted by atomic mass is 10.1. The van der Waals surface area contributed by atoms with Gasteiger partial charge in [-0.25, -0.2) is 9.38 Å². The smallest absolute Gasteiger partial charge is 0.271 e. The van der Waals surface area contributed by atoms with E-state index in [-0.39, 0.29) is 18.3 Å². The molecule has 202 valence electrons. The van der Waals surface area contributed by atoms with Crippen molar-refractivity contribution in [2.75, 3.05) is 12.0 Å². The molecule has 40 heavy (non-hydrogen) atoms. The topological polar surface area (TPSA) is 51.1 Å². The molecule has 0 spiro atoms. The minimum atomic E-state index is -0.327. The monoisotopic (exact) mass is 612 g/mol. The van der Waals surface area contributed by atoms with Crippen LogP contribution in [-0.2, 0) is 11.4 Å². The van der Waals surface area contributed by atoms with Crippen molar-refractivity contribution < 1.29 is 18.7 Å². The number of carbonyl (C=O) groups excluding carboxylic acids is 1. The fraction of sp³-hybridized carbons (Fsp3) is 0.0667. The molecule has 0 saturated carbocycles. The summed E-state index contributed by atoms with van der Waals surface area (Å²) in [5.41, 5.74) is 2.68. The van der Waals surface area contributed by atoms with Crippen molar-refractivity contribution in [3.05, 3.63) is 122 Å². The Morgan fingerprint density at radius 2 is 1.57 bits per heavy atom. The lowest BCUT2D eigenvalue weighted by molar-refractivity contribution is -0.113. The van der Waals surface area contributed by atoms with Crippen molar-refractivity contribution in [3.63, 3.8) is 0 Å². The highest BCUT2D eigenvalue weighted by atomic mass is 35.5. The van der Waals surface area contributed by atoms with Crippen molar-refractivity contribution in [1.82, 2.24) is 0 Å². The van der Waals surface area contributed by atoms with Gasteiger partial charge in [-0.2, -0.15) is 0 Å². The summed E-state index contributed by atoms with van der Waals surface area (Å²) in [6.07, 6.45) is 1.72. The molecule has 0 unspecified atom stereocenters. The number of hydrogen-bond acceptors (Lipinski definition) is 5. The second-order valence-electron chi connectivity index (χ2n) is 8.55. The van der Waals surface area contributed by atoms with Crippen LogP contribution in [0.2, 0.25) is 15.1 Å². The quantitative estimate of drug-likeness (QED) is 0.195. The van der Waals surface area contributed by atoms with Crippen LogP contribution in [0.15, 0.2) is 94.8 Å². The molecule has 0 atom stereocenters. The van der Waals surface area contributed by atoms with Crippen molar-refractivity contribution >= 4 is 75.1 Å². The molecule has 10 heteroatoms. The molecule has 1 aliphatic heterocycles. The van der Waals surface area contributed by atoms with E-state index in [0.29, 0.717) is 53.6 Å². The van der Waals surface area contributed by atoms with E-state index in [9.17, 15) is 9.18 Å². The minimum Gasteiger partial charge on any atom is -0.493 e. The Morgan fingerprint density at radius 1 is 0.925 bits per heavy atom. The van der Waals surface area contributed by atoms with E-state index in [1.165, 1.54) is 35.9 Å². The van der Waals surface area contributed by atoms with E-state index in [1.807, 2.05) is 0 Å². The Bertz CT molecular complexity index is 1610. The summed E-state index contributed by atoms with van der Waals surface area (Å²) >= 11 is 19.9. The average Bonchev–Trinajstić information content (AvgIpc) is 3.24. The van der Waals surface area contributed by atoms with Gasteiger partial charge in [-0.3, -0.25) is 9.69 Å². The molecule has 1 saturated heterocycles. The maximum absolute atomic E-state index is 13.6. The van der Waals surface area contributed by atoms with Crippen LogP contribution in [0.4, 0.5) is 15.8 Å². The number of nitrogens with zero attached hydrogens (tertiary/aromatic N) is 2. The third-order valence-corrected chi connectivity index (χ3v) is 7.54. The lowest BCUT2D eigenvalue weighted by Crippen LogP contribution is -2.28. The number of amides is 1. The Morgan fingerprint density at radius 3 is 2.23 bits per heavy atom. The molecule has 1 amide bonds. The summed E-state index contributed by atoms with van der Waals surface area (Å²) in [4.78, 5) is 20.3. The number of methoxy groups -OCH3 is 1. The number of rotatable bonds is 7. The van der Waals surface area contributed by atoms with Crippen LogP contribution >= 0.6 is 46.6 Å². The predicted molar refractivity (Wildman–Crippen MR) is 162 cm³/mol. The molecule has 1 fully saturated rings. The fourth-order valence-corrected chi connectivity index (χ4v) is 5.37. The number of amidine groups is 1. The van der Waals surface area contributed by atoms with Gasteiger partial charge in [-0.15, -0.1) is 0 Å². The second-order valence-corrected chi connectivity index (χ2v) is 10.8. The summed E-state index contributed by atoms with van der Waals surface area (Å²) in [7, 11) is 1.50. The number of aliphatic imine (C=N–C) groups is 1. The first-order chi connectivity index (χ1) is 19.3. The number of thioether (sulfide) groups is 1. The van der Waals surface area contributed by atoms with Crippen LogP contribution < -0.4 is 14.4 Å². The zero-order valence-electron chi connectivity index (χ0n) is 20.9. The molecule has 0 aliphatic carbocycles. The third-order valence-electron chi connectivity index (χ3n) is 5.79. The first-order valence-electron chi connectivity index (χ1n) is 11.9. The molecular formula is C30H20Cl3FN2O3S. The second kappa shape index (κ2) is 12.4. The molecule has 0 aromatic heterocycles. The van der Waals surface area contributed by atoms with E-state index in [4.69, 9.17) is 49.3 Å². The zero-order valence-corrected chi connectivity index (χ0v) is 24.0. The maximum atomic E-state index is 13.6. The van der Waals surface area contributed by atoms with Crippen molar-refractivity contribution in [2.45, 2.75) is 6.61 Å². The van der Waals surface area contributed by atoms with Gasteiger partial charge in [-0.05, 0) is 102 Å². The van der Waals surface area contributed by atoms with Crippen LogP contribution in [0.1, 0.15) is 11.1 Å². The number of hydrogen-bond donors (Lipinski definition) is 0. The van der Waals surface area contributed by atoms with Crippen LogP contribution in [0, 0.1) is 5.82 Å². The lowest BCUT2D eigenvalue weighted by Gasteiger charge is -2.15. The van der Waals surface area contributed by atoms with E-state index < -0.39 is 0 Å². The summed E-state index contributed by atoms with van der Waals surface area (Å²) in [6.45, 7) is 0.172. The largest absolute Gasteiger partial charge is 0.493 e. The average molecular weight is 614 g/mol. The molecule has 0 N–H and O–H groups in total. The van der Waals surface area contributed by atoms with Crippen molar-refractivity contribution in [3.8, 4) is 11.5 Å². The van der Waals surface area contributed by atoms with Gasteiger partial charge < -0.3 is 9.47 Å². The third kappa shape index (κ3) is 6.45. The number of ether oxygens (including phenoxy) is 2. The number of carbonyl (C=O) groups is 1. The highest BCUT2D eigenvalue weighted by molar-refractivity contribution is 8.19. The maximum Gasteiger partial charge on any atom is 0.271 e. The first kappa shape index (κ1) is 28.1. The van der Waals surface area contributed by atoms with Gasteiger partial charge in [0.1, 0.15) is 12.4 Å². The van der Waals surface area contributed by atoms with E-state index in [2.05, 4.69) is 0 Å². The molecule has 5 rings (SSSR count). The number of anilines is 1. The normalized spacial score (nSPS) is 15.2. The Labute approximate surface area is 249 Å². The van der Waals surface area contributed by atoms with Crippen LogP contribution in [0.3, 0.4) is 0 Å². The van der Waals surface area contributed by atoms with Crippen LogP contribution in [-0.4, -0.2) is 18.2 Å². The van der Waals surface area contributed by atoms with Crippen molar-refractivity contribution in [1.29, 1.82) is 0 Å². The number of halogens is 4. The molecule has 0 radical (unpaired) electrons. The van der Waals surface area contributed by atoms with Gasteiger partial charge in [0.15, 0.2) is 16.7 Å². The Hall–Kier alpha value is -3.49. The van der Waals surface area contributed by atoms with Crippen molar-refractivity contribution in [2.24, 2.45) is 4.99 Å². The van der Waals surface area contributed by atoms with Gasteiger partial charge in [0.2, 0.25) is 0 Å². The Balaban J connectivity index is 1.46. The summed E-state index contributed by atoms with van der Waals surface area (Å²) < 4.78 is 24.6. The summed E-state index contributed by atoms with van der Waals surface area (Å²) in [5, 5.41) is 1.91. The molecule has 0 bridgehead atoms. The summed E-state index contributed by atoms with van der Waals surface area (Å²) in [6, 6.07) is 23.4. The molecule has 5 nitrogen and oxygen atoms in total. The molecule has 1 heterocycles. The molecular weight excluding hydrogens is 594 g/mol. The fourth-order valence-electron chi connectivity index (χ4n) is 3.84. The van der Waals surface area contributed by atoms with Gasteiger partial charge in [0.25, 0.3) is 5.91 Å². The van der Waals surface area contributed by atoms with E-state index in [0.717, 1.165) is 5.56 Å². The molecule has 4 aromatic rings. The van der Waals surface area contributed by atoms with Gasteiger partial charge in [0, 0.05) is 10.0 Å². The highest BCUT2D eigenvalue weighted by Crippen LogP contribution is 2.41. The first-order valence-corrected chi connectivity index (χ1v) is 13.8. The molecule has 1 aliphatic rings. The number of benzene rings is 4. The zero-order chi connectivity index (χ0) is 28.2.